The van der Waals surface area contributed by atoms with E-state index in [1.807, 2.05) is 19.2 Å². The molecule has 0 amide bonds. The standard InChI is InChI=1S/C15H20ClNO/c1-18-11-8-15(9-11)6-7-17-10-13(15)12-4-2-3-5-14(12)16/h2-5,11,13,17H,6-10H2,1H3. The van der Waals surface area contributed by atoms with Crippen LogP contribution in [-0.2, 0) is 4.74 Å². The minimum Gasteiger partial charge on any atom is -0.381 e. The molecule has 2 nitrogen and oxygen atoms in total. The summed E-state index contributed by atoms with van der Waals surface area (Å²) in [7, 11) is 1.82. The maximum absolute atomic E-state index is 6.38. The van der Waals surface area contributed by atoms with Crippen molar-refractivity contribution >= 4 is 11.6 Å². The number of ether oxygens (including phenoxy) is 1. The number of nitrogens with one attached hydrogen (secondary N) is 1. The highest BCUT2D eigenvalue weighted by molar-refractivity contribution is 6.31. The Balaban J connectivity index is 1.87. The Kier molecular flexibility index (Phi) is 3.35. The van der Waals surface area contributed by atoms with E-state index in [0.717, 1.165) is 18.1 Å². The normalized spacial score (nSPS) is 35.4. The monoisotopic (exact) mass is 265 g/mol. The van der Waals surface area contributed by atoms with E-state index in [0.29, 0.717) is 17.4 Å². The summed E-state index contributed by atoms with van der Waals surface area (Å²) in [5.41, 5.74) is 1.72. The van der Waals surface area contributed by atoms with Gasteiger partial charge in [-0.25, -0.2) is 0 Å². The fourth-order valence-electron chi connectivity index (χ4n) is 3.67. The van der Waals surface area contributed by atoms with Crippen LogP contribution in [0.15, 0.2) is 24.3 Å². The second-order valence-corrected chi connectivity index (χ2v) is 6.06. The van der Waals surface area contributed by atoms with Gasteiger partial charge in [-0.1, -0.05) is 29.8 Å². The van der Waals surface area contributed by atoms with Crippen LogP contribution in [0.3, 0.4) is 0 Å². The fraction of sp³-hybridized carbons (Fsp3) is 0.600. The molecule has 3 rings (SSSR count). The molecular weight excluding hydrogens is 246 g/mol. The Morgan fingerprint density at radius 2 is 2.11 bits per heavy atom. The van der Waals surface area contributed by atoms with Crippen LogP contribution in [0.5, 0.6) is 0 Å². The molecule has 1 aromatic rings. The molecule has 3 heteroatoms. The van der Waals surface area contributed by atoms with Crippen LogP contribution in [0.1, 0.15) is 30.7 Å². The Morgan fingerprint density at radius 1 is 1.33 bits per heavy atom. The van der Waals surface area contributed by atoms with Gasteiger partial charge >= 0.3 is 0 Å². The van der Waals surface area contributed by atoms with Crippen molar-refractivity contribution in [3.8, 4) is 0 Å². The quantitative estimate of drug-likeness (QED) is 0.887. The lowest BCUT2D eigenvalue weighted by Gasteiger charge is -2.54. The molecule has 98 valence electrons. The van der Waals surface area contributed by atoms with Crippen molar-refractivity contribution in [3.63, 3.8) is 0 Å². The molecule has 1 saturated heterocycles. The van der Waals surface area contributed by atoms with E-state index in [1.54, 1.807) is 0 Å². The van der Waals surface area contributed by atoms with Crippen LogP contribution in [0.25, 0.3) is 0 Å². The highest BCUT2D eigenvalue weighted by Crippen LogP contribution is 2.56. The van der Waals surface area contributed by atoms with Crippen molar-refractivity contribution in [2.75, 3.05) is 20.2 Å². The molecule has 0 aromatic heterocycles. The van der Waals surface area contributed by atoms with E-state index in [-0.39, 0.29) is 0 Å². The van der Waals surface area contributed by atoms with E-state index in [9.17, 15) is 0 Å². The topological polar surface area (TPSA) is 21.3 Å². The van der Waals surface area contributed by atoms with Gasteiger partial charge in [-0.3, -0.25) is 0 Å². The minimum atomic E-state index is 0.414. The molecule has 0 radical (unpaired) electrons. The van der Waals surface area contributed by atoms with E-state index in [1.165, 1.54) is 24.8 Å². The van der Waals surface area contributed by atoms with Crippen molar-refractivity contribution in [2.24, 2.45) is 5.41 Å². The van der Waals surface area contributed by atoms with Crippen LogP contribution in [0.2, 0.25) is 5.02 Å². The third-order valence-electron chi connectivity index (χ3n) is 4.77. The van der Waals surface area contributed by atoms with E-state index < -0.39 is 0 Å². The Labute approximate surface area is 114 Å². The van der Waals surface area contributed by atoms with Crippen molar-refractivity contribution in [1.29, 1.82) is 0 Å². The first-order valence-electron chi connectivity index (χ1n) is 6.73. The second-order valence-electron chi connectivity index (χ2n) is 5.66. The third-order valence-corrected chi connectivity index (χ3v) is 5.11. The van der Waals surface area contributed by atoms with Crippen LogP contribution in [0.4, 0.5) is 0 Å². The summed E-state index contributed by atoms with van der Waals surface area (Å²) in [6, 6.07) is 8.29. The third kappa shape index (κ3) is 1.97. The molecule has 1 aliphatic carbocycles. The number of hydrogen-bond donors (Lipinski definition) is 1. The average molecular weight is 266 g/mol. The first-order valence-corrected chi connectivity index (χ1v) is 7.11. The van der Waals surface area contributed by atoms with E-state index in [2.05, 4.69) is 17.4 Å². The first kappa shape index (κ1) is 12.5. The number of methoxy groups -OCH3 is 1. The van der Waals surface area contributed by atoms with Gasteiger partial charge in [-0.05, 0) is 42.9 Å². The van der Waals surface area contributed by atoms with Gasteiger partial charge in [0.05, 0.1) is 6.10 Å². The van der Waals surface area contributed by atoms with Crippen LogP contribution in [-0.4, -0.2) is 26.3 Å². The minimum absolute atomic E-state index is 0.414. The van der Waals surface area contributed by atoms with Gasteiger partial charge in [0.25, 0.3) is 0 Å². The summed E-state index contributed by atoms with van der Waals surface area (Å²) in [5, 5.41) is 4.43. The van der Waals surface area contributed by atoms with Crippen LogP contribution >= 0.6 is 11.6 Å². The SMILES string of the molecule is COC1CC2(CCNCC2c2ccccc2Cl)C1. The maximum atomic E-state index is 6.38. The van der Waals surface area contributed by atoms with Gasteiger partial charge in [0.15, 0.2) is 0 Å². The molecule has 2 aliphatic rings. The number of hydrogen-bond acceptors (Lipinski definition) is 2. The predicted molar refractivity (Wildman–Crippen MR) is 74.1 cm³/mol. The smallest absolute Gasteiger partial charge is 0.0582 e. The summed E-state index contributed by atoms with van der Waals surface area (Å²) in [6.45, 7) is 2.16. The van der Waals surface area contributed by atoms with E-state index >= 15 is 0 Å². The zero-order valence-electron chi connectivity index (χ0n) is 10.8. The van der Waals surface area contributed by atoms with Gasteiger partial charge < -0.3 is 10.1 Å². The Morgan fingerprint density at radius 3 is 2.83 bits per heavy atom. The molecule has 1 N–H and O–H groups in total. The first-order chi connectivity index (χ1) is 8.75. The molecular formula is C15H20ClNO. The highest BCUT2D eigenvalue weighted by Gasteiger charge is 2.51. The van der Waals surface area contributed by atoms with Crippen molar-refractivity contribution in [1.82, 2.24) is 5.32 Å². The van der Waals surface area contributed by atoms with Crippen molar-refractivity contribution in [2.45, 2.75) is 31.3 Å². The molecule has 2 fully saturated rings. The van der Waals surface area contributed by atoms with Crippen LogP contribution in [0, 0.1) is 5.41 Å². The molecule has 1 unspecified atom stereocenters. The lowest BCUT2D eigenvalue weighted by molar-refractivity contribution is -0.0850. The van der Waals surface area contributed by atoms with Gasteiger partial charge in [0.1, 0.15) is 0 Å². The van der Waals surface area contributed by atoms with Crippen LogP contribution < -0.4 is 5.32 Å². The molecule has 1 heterocycles. The van der Waals surface area contributed by atoms with Gasteiger partial charge in [-0.2, -0.15) is 0 Å². The van der Waals surface area contributed by atoms with Gasteiger partial charge in [0.2, 0.25) is 0 Å². The second kappa shape index (κ2) is 4.84. The summed E-state index contributed by atoms with van der Waals surface area (Å²) in [5.74, 6) is 0.534. The molecule has 1 saturated carbocycles. The zero-order valence-corrected chi connectivity index (χ0v) is 11.5. The summed E-state index contributed by atoms with van der Waals surface area (Å²) in [6.07, 6.45) is 4.05. The largest absolute Gasteiger partial charge is 0.381 e. The Bertz CT molecular complexity index is 428. The molecule has 18 heavy (non-hydrogen) atoms. The zero-order chi connectivity index (χ0) is 12.6. The Hall–Kier alpha value is -0.570. The predicted octanol–water partition coefficient (Wildman–Crippen LogP) is 3.21. The number of rotatable bonds is 2. The van der Waals surface area contributed by atoms with Crippen molar-refractivity contribution < 1.29 is 4.74 Å². The summed E-state index contributed by atoms with van der Waals surface area (Å²) >= 11 is 6.38. The lowest BCUT2D eigenvalue weighted by atomic mass is 9.55. The van der Waals surface area contributed by atoms with Gasteiger partial charge in [0, 0.05) is 24.6 Å². The number of piperidine rings is 1. The molecule has 0 bridgehead atoms. The van der Waals surface area contributed by atoms with E-state index in [4.69, 9.17) is 16.3 Å². The maximum Gasteiger partial charge on any atom is 0.0582 e. The fourth-order valence-corrected chi connectivity index (χ4v) is 3.94. The van der Waals surface area contributed by atoms with Crippen molar-refractivity contribution in [3.05, 3.63) is 34.9 Å². The molecule has 1 aliphatic heterocycles. The highest BCUT2D eigenvalue weighted by atomic mass is 35.5. The number of halogens is 1. The molecule has 1 spiro atoms. The lowest BCUT2D eigenvalue weighted by Crippen LogP contribution is -2.53. The number of benzene rings is 1. The van der Waals surface area contributed by atoms with Gasteiger partial charge in [-0.15, -0.1) is 0 Å². The molecule has 1 atom stereocenters. The summed E-state index contributed by atoms with van der Waals surface area (Å²) in [4.78, 5) is 0. The molecule has 1 aromatic carbocycles. The summed E-state index contributed by atoms with van der Waals surface area (Å²) < 4.78 is 5.47. The average Bonchev–Trinajstić information content (AvgIpc) is 2.36.